The van der Waals surface area contributed by atoms with Crippen LogP contribution in [0.2, 0.25) is 0 Å². The van der Waals surface area contributed by atoms with Gasteiger partial charge in [-0.05, 0) is 13.8 Å². The van der Waals surface area contributed by atoms with Crippen molar-refractivity contribution in [3.63, 3.8) is 0 Å². The summed E-state index contributed by atoms with van der Waals surface area (Å²) in [7, 11) is 2.80. The lowest BCUT2D eigenvalue weighted by atomic mass is 10.1. The molecule has 0 aromatic heterocycles. The molecule has 0 aliphatic carbocycles. The zero-order valence-corrected chi connectivity index (χ0v) is 14.4. The zero-order chi connectivity index (χ0) is 18.5. The molecule has 0 saturated carbocycles. The second kappa shape index (κ2) is 12.4. The quantitative estimate of drug-likeness (QED) is 0.274. The molecule has 0 fully saturated rings. The third-order valence-electron chi connectivity index (χ3n) is 2.91. The minimum Gasteiger partial charge on any atom is -0.461 e. The fourth-order valence-electron chi connectivity index (χ4n) is 1.35. The van der Waals surface area contributed by atoms with E-state index in [-0.39, 0.29) is 26.1 Å². The number of esters is 3. The SMILES string of the molecule is COCCOC(=O)COC(=O)CCC(=O)C(C)OC(=O)C(C)OC. The molecule has 0 amide bonds. The topological polar surface area (TPSA) is 114 Å². The van der Waals surface area contributed by atoms with Gasteiger partial charge in [-0.15, -0.1) is 0 Å². The maximum atomic E-state index is 11.8. The minimum atomic E-state index is -0.998. The summed E-state index contributed by atoms with van der Waals surface area (Å²) >= 11 is 0. The molecule has 0 aliphatic rings. The number of hydrogen-bond acceptors (Lipinski definition) is 9. The van der Waals surface area contributed by atoms with Gasteiger partial charge in [-0.25, -0.2) is 9.59 Å². The zero-order valence-electron chi connectivity index (χ0n) is 14.4. The molecule has 0 N–H and O–H groups in total. The Balaban J connectivity index is 3.98. The van der Waals surface area contributed by atoms with Crippen molar-refractivity contribution in [1.29, 1.82) is 0 Å². The average molecular weight is 348 g/mol. The highest BCUT2D eigenvalue weighted by atomic mass is 16.6. The normalized spacial score (nSPS) is 12.8. The molecular formula is C15H24O9. The van der Waals surface area contributed by atoms with Gasteiger partial charge in [0, 0.05) is 20.6 Å². The van der Waals surface area contributed by atoms with Crippen molar-refractivity contribution in [2.24, 2.45) is 0 Å². The van der Waals surface area contributed by atoms with E-state index in [2.05, 4.69) is 9.47 Å². The monoisotopic (exact) mass is 348 g/mol. The maximum Gasteiger partial charge on any atom is 0.344 e. The first-order chi connectivity index (χ1) is 11.3. The van der Waals surface area contributed by atoms with E-state index in [0.29, 0.717) is 0 Å². The molecule has 0 heterocycles. The first kappa shape index (κ1) is 22.0. The number of hydrogen-bond donors (Lipinski definition) is 0. The second-order valence-corrected chi connectivity index (χ2v) is 4.80. The van der Waals surface area contributed by atoms with Crippen molar-refractivity contribution in [1.82, 2.24) is 0 Å². The Labute approximate surface area is 140 Å². The van der Waals surface area contributed by atoms with Crippen LogP contribution in [-0.4, -0.2) is 69.9 Å². The van der Waals surface area contributed by atoms with E-state index < -0.39 is 42.5 Å². The number of carbonyl (C=O) groups is 4. The molecule has 2 atom stereocenters. The lowest BCUT2D eigenvalue weighted by molar-refractivity contribution is -0.163. The van der Waals surface area contributed by atoms with Gasteiger partial charge in [-0.2, -0.15) is 0 Å². The summed E-state index contributed by atoms with van der Waals surface area (Å²) in [5, 5.41) is 0. The molecule has 0 spiro atoms. The van der Waals surface area contributed by atoms with E-state index in [0.717, 1.165) is 0 Å². The van der Waals surface area contributed by atoms with Crippen molar-refractivity contribution in [2.75, 3.05) is 34.0 Å². The largest absolute Gasteiger partial charge is 0.461 e. The van der Waals surface area contributed by atoms with Crippen LogP contribution < -0.4 is 0 Å². The van der Waals surface area contributed by atoms with Gasteiger partial charge >= 0.3 is 17.9 Å². The molecule has 0 radical (unpaired) electrons. The predicted octanol–water partition coefficient (Wildman–Crippen LogP) is 0.0351. The summed E-state index contributed by atoms with van der Waals surface area (Å²) in [4.78, 5) is 45.9. The van der Waals surface area contributed by atoms with Crippen LogP contribution in [0.4, 0.5) is 0 Å². The maximum absolute atomic E-state index is 11.8. The molecule has 9 heteroatoms. The molecular weight excluding hydrogens is 324 g/mol. The van der Waals surface area contributed by atoms with Crippen LogP contribution >= 0.6 is 0 Å². The number of ether oxygens (including phenoxy) is 5. The Morgan fingerprint density at radius 2 is 1.50 bits per heavy atom. The van der Waals surface area contributed by atoms with E-state index in [1.165, 1.54) is 28.1 Å². The van der Waals surface area contributed by atoms with E-state index >= 15 is 0 Å². The third kappa shape index (κ3) is 9.90. The number of rotatable bonds is 12. The molecule has 0 bridgehead atoms. The highest BCUT2D eigenvalue weighted by molar-refractivity contribution is 5.88. The van der Waals surface area contributed by atoms with Crippen LogP contribution in [0.5, 0.6) is 0 Å². The first-order valence-electron chi connectivity index (χ1n) is 7.38. The minimum absolute atomic E-state index is 0.0636. The van der Waals surface area contributed by atoms with Gasteiger partial charge in [0.1, 0.15) is 6.61 Å². The standard InChI is InChI=1S/C15H24O9/c1-10(24-15(19)11(2)21-4)12(16)5-6-13(17)23-9-14(18)22-8-7-20-3/h10-11H,5-9H2,1-4H3. The summed E-state index contributed by atoms with van der Waals surface area (Å²) in [6, 6.07) is 0. The summed E-state index contributed by atoms with van der Waals surface area (Å²) in [5.74, 6) is -2.54. The number of carbonyl (C=O) groups excluding carboxylic acids is 4. The highest BCUT2D eigenvalue weighted by Gasteiger charge is 2.22. The van der Waals surface area contributed by atoms with Gasteiger partial charge in [-0.1, -0.05) is 0 Å². The van der Waals surface area contributed by atoms with E-state index in [4.69, 9.17) is 14.2 Å². The number of ketones is 1. The van der Waals surface area contributed by atoms with E-state index in [1.807, 2.05) is 0 Å². The molecule has 138 valence electrons. The van der Waals surface area contributed by atoms with Gasteiger partial charge < -0.3 is 23.7 Å². The lowest BCUT2D eigenvalue weighted by Gasteiger charge is -2.14. The molecule has 24 heavy (non-hydrogen) atoms. The van der Waals surface area contributed by atoms with Gasteiger partial charge in [0.2, 0.25) is 0 Å². The number of Topliss-reactive ketones (excluding diaryl/α,β-unsaturated/α-hetero) is 1. The Morgan fingerprint density at radius 1 is 0.833 bits per heavy atom. The van der Waals surface area contributed by atoms with Crippen molar-refractivity contribution >= 4 is 23.7 Å². The van der Waals surface area contributed by atoms with Crippen LogP contribution in [0.1, 0.15) is 26.7 Å². The summed E-state index contributed by atoms with van der Waals surface area (Å²) in [6.07, 6.45) is -2.18. The Morgan fingerprint density at radius 3 is 2.08 bits per heavy atom. The third-order valence-corrected chi connectivity index (χ3v) is 2.91. The summed E-state index contributed by atoms with van der Waals surface area (Å²) in [6.45, 7) is 2.66. The van der Waals surface area contributed by atoms with Crippen molar-refractivity contribution < 1.29 is 42.9 Å². The van der Waals surface area contributed by atoms with Crippen molar-refractivity contribution in [3.05, 3.63) is 0 Å². The van der Waals surface area contributed by atoms with Crippen molar-refractivity contribution in [3.8, 4) is 0 Å². The Bertz CT molecular complexity index is 433. The van der Waals surface area contributed by atoms with Gasteiger partial charge in [0.15, 0.2) is 24.6 Å². The Hall–Kier alpha value is -2.00. The highest BCUT2D eigenvalue weighted by Crippen LogP contribution is 2.04. The van der Waals surface area contributed by atoms with E-state index in [1.54, 1.807) is 0 Å². The van der Waals surface area contributed by atoms with E-state index in [9.17, 15) is 19.2 Å². The molecule has 0 aromatic rings. The van der Waals surface area contributed by atoms with Crippen LogP contribution in [-0.2, 0) is 42.9 Å². The van der Waals surface area contributed by atoms with Gasteiger partial charge in [0.25, 0.3) is 0 Å². The van der Waals surface area contributed by atoms with Crippen LogP contribution in [0, 0.1) is 0 Å². The fourth-order valence-corrected chi connectivity index (χ4v) is 1.35. The van der Waals surface area contributed by atoms with Crippen LogP contribution in [0.25, 0.3) is 0 Å². The van der Waals surface area contributed by atoms with Gasteiger partial charge in [0.05, 0.1) is 13.0 Å². The van der Waals surface area contributed by atoms with Crippen LogP contribution in [0.15, 0.2) is 0 Å². The van der Waals surface area contributed by atoms with Gasteiger partial charge in [-0.3, -0.25) is 9.59 Å². The number of methoxy groups -OCH3 is 2. The molecule has 0 aliphatic heterocycles. The summed E-state index contributed by atoms with van der Waals surface area (Å²) < 4.78 is 23.7. The molecule has 0 saturated heterocycles. The smallest absolute Gasteiger partial charge is 0.344 e. The second-order valence-electron chi connectivity index (χ2n) is 4.80. The van der Waals surface area contributed by atoms with Crippen molar-refractivity contribution in [2.45, 2.75) is 38.9 Å². The first-order valence-corrected chi connectivity index (χ1v) is 7.38. The molecule has 0 aromatic carbocycles. The summed E-state index contributed by atoms with van der Waals surface area (Å²) in [5.41, 5.74) is 0. The predicted molar refractivity (Wildman–Crippen MR) is 80.1 cm³/mol. The fraction of sp³-hybridized carbons (Fsp3) is 0.733. The molecule has 9 nitrogen and oxygen atoms in total. The van der Waals surface area contributed by atoms with Crippen LogP contribution in [0.3, 0.4) is 0 Å². The lowest BCUT2D eigenvalue weighted by Crippen LogP contribution is -2.30. The average Bonchev–Trinajstić information content (AvgIpc) is 2.56. The Kier molecular flexibility index (Phi) is 11.4. The molecule has 0 rings (SSSR count). The molecule has 2 unspecified atom stereocenters.